The van der Waals surface area contributed by atoms with E-state index in [-0.39, 0.29) is 11.8 Å². The van der Waals surface area contributed by atoms with E-state index in [1.165, 1.54) is 0 Å². The zero-order valence-corrected chi connectivity index (χ0v) is 9.74. The maximum atomic E-state index is 11.6. The highest BCUT2D eigenvalue weighted by Gasteiger charge is 2.69. The normalized spacial score (nSPS) is 36.1. The lowest BCUT2D eigenvalue weighted by molar-refractivity contribution is 0.0480. The van der Waals surface area contributed by atoms with E-state index in [2.05, 4.69) is 11.4 Å². The lowest BCUT2D eigenvalue weighted by Gasteiger charge is -2.22. The summed E-state index contributed by atoms with van der Waals surface area (Å²) in [6.07, 6.45) is -0.525. The molecule has 0 spiro atoms. The fraction of sp³-hybridized carbons (Fsp3) is 0.818. The zero-order chi connectivity index (χ0) is 12.0. The van der Waals surface area contributed by atoms with Gasteiger partial charge in [0.2, 0.25) is 0 Å². The summed E-state index contributed by atoms with van der Waals surface area (Å²) in [5, 5.41) is 11.8. The first-order valence-electron chi connectivity index (χ1n) is 5.39. The lowest BCUT2D eigenvalue weighted by Crippen LogP contribution is -2.43. The van der Waals surface area contributed by atoms with Gasteiger partial charge in [-0.25, -0.2) is 4.79 Å². The molecule has 1 aliphatic carbocycles. The molecule has 2 unspecified atom stereocenters. The van der Waals surface area contributed by atoms with Crippen molar-refractivity contribution in [1.82, 2.24) is 5.32 Å². The van der Waals surface area contributed by atoms with Crippen LogP contribution in [0.3, 0.4) is 0 Å². The SMILES string of the molecule is CC(C)(C)OC(=O)NC1(C#N)C2COCC21. The molecule has 0 bridgehead atoms. The Kier molecular flexibility index (Phi) is 2.35. The number of carbonyl (C=O) groups is 1. The first-order chi connectivity index (χ1) is 7.39. The zero-order valence-electron chi connectivity index (χ0n) is 9.74. The van der Waals surface area contributed by atoms with Gasteiger partial charge in [-0.05, 0) is 20.8 Å². The van der Waals surface area contributed by atoms with Crippen LogP contribution in [0.5, 0.6) is 0 Å². The smallest absolute Gasteiger partial charge is 0.408 e. The number of nitrogens with one attached hydrogen (secondary N) is 1. The van der Waals surface area contributed by atoms with Crippen LogP contribution in [-0.4, -0.2) is 30.4 Å². The molecule has 5 nitrogen and oxygen atoms in total. The number of alkyl carbamates (subject to hydrolysis) is 1. The van der Waals surface area contributed by atoms with Gasteiger partial charge in [0, 0.05) is 11.8 Å². The molecular weight excluding hydrogens is 208 g/mol. The van der Waals surface area contributed by atoms with Gasteiger partial charge in [0.1, 0.15) is 11.1 Å². The van der Waals surface area contributed by atoms with Crippen LogP contribution < -0.4 is 5.32 Å². The number of amides is 1. The summed E-state index contributed by atoms with van der Waals surface area (Å²) >= 11 is 0. The van der Waals surface area contributed by atoms with Gasteiger partial charge in [0.15, 0.2) is 0 Å². The molecule has 2 aliphatic rings. The Morgan fingerprint density at radius 2 is 2.06 bits per heavy atom. The van der Waals surface area contributed by atoms with Crippen LogP contribution in [0.2, 0.25) is 0 Å². The number of rotatable bonds is 1. The second kappa shape index (κ2) is 3.36. The van der Waals surface area contributed by atoms with E-state index in [0.29, 0.717) is 13.2 Å². The third kappa shape index (κ3) is 1.74. The molecule has 16 heavy (non-hydrogen) atoms. The van der Waals surface area contributed by atoms with Crippen LogP contribution in [0.1, 0.15) is 20.8 Å². The Hall–Kier alpha value is -1.28. The standard InChI is InChI=1S/C11H16N2O3/c1-10(2,3)16-9(14)13-11(6-12)7-4-15-5-8(7)11/h7-8H,4-5H2,1-3H3,(H,13,14). The summed E-state index contributed by atoms with van der Waals surface area (Å²) in [5.41, 5.74) is -1.29. The van der Waals surface area contributed by atoms with Crippen molar-refractivity contribution in [1.29, 1.82) is 5.26 Å². The van der Waals surface area contributed by atoms with Crippen molar-refractivity contribution in [2.45, 2.75) is 31.9 Å². The van der Waals surface area contributed by atoms with Gasteiger partial charge in [-0.1, -0.05) is 0 Å². The fourth-order valence-electron chi connectivity index (χ4n) is 2.21. The Morgan fingerprint density at radius 1 is 1.50 bits per heavy atom. The van der Waals surface area contributed by atoms with Crippen molar-refractivity contribution >= 4 is 6.09 Å². The second-order valence-corrected chi connectivity index (χ2v) is 5.36. The molecule has 2 fully saturated rings. The third-order valence-corrected chi connectivity index (χ3v) is 3.03. The number of carbonyl (C=O) groups excluding carboxylic acids is 1. The van der Waals surface area contributed by atoms with Crippen LogP contribution in [0, 0.1) is 23.2 Å². The van der Waals surface area contributed by atoms with E-state index in [4.69, 9.17) is 14.7 Å². The van der Waals surface area contributed by atoms with Crippen molar-refractivity contribution in [2.24, 2.45) is 11.8 Å². The summed E-state index contributed by atoms with van der Waals surface area (Å²) in [5.74, 6) is 0.259. The van der Waals surface area contributed by atoms with Crippen molar-refractivity contribution in [2.75, 3.05) is 13.2 Å². The minimum Gasteiger partial charge on any atom is -0.444 e. The predicted molar refractivity (Wildman–Crippen MR) is 55.5 cm³/mol. The maximum absolute atomic E-state index is 11.6. The number of nitriles is 1. The Morgan fingerprint density at radius 3 is 2.50 bits per heavy atom. The molecule has 0 aromatic carbocycles. The van der Waals surface area contributed by atoms with Crippen molar-refractivity contribution < 1.29 is 14.3 Å². The van der Waals surface area contributed by atoms with E-state index in [1.54, 1.807) is 20.8 Å². The lowest BCUT2D eigenvalue weighted by atomic mass is 10.2. The summed E-state index contributed by atoms with van der Waals surface area (Å²) in [6, 6.07) is 2.18. The third-order valence-electron chi connectivity index (χ3n) is 3.03. The van der Waals surface area contributed by atoms with Crippen LogP contribution >= 0.6 is 0 Å². The average molecular weight is 224 g/mol. The predicted octanol–water partition coefficient (Wildman–Crippen LogP) is 1.05. The van der Waals surface area contributed by atoms with E-state index in [0.717, 1.165) is 0 Å². The van der Waals surface area contributed by atoms with Crippen LogP contribution in [0.4, 0.5) is 4.79 Å². The van der Waals surface area contributed by atoms with Crippen molar-refractivity contribution in [3.63, 3.8) is 0 Å². The second-order valence-electron chi connectivity index (χ2n) is 5.36. The van der Waals surface area contributed by atoms with Crippen LogP contribution in [0.25, 0.3) is 0 Å². The Bertz CT molecular complexity index is 343. The molecule has 1 N–H and O–H groups in total. The molecule has 1 heterocycles. The molecule has 1 amide bonds. The highest BCUT2D eigenvalue weighted by atomic mass is 16.6. The molecule has 0 aromatic rings. The van der Waals surface area contributed by atoms with Crippen molar-refractivity contribution in [3.8, 4) is 6.07 Å². The average Bonchev–Trinajstić information content (AvgIpc) is 2.58. The van der Waals surface area contributed by atoms with Gasteiger partial charge in [-0.2, -0.15) is 5.26 Å². The first kappa shape index (κ1) is 11.2. The van der Waals surface area contributed by atoms with Gasteiger partial charge in [-0.3, -0.25) is 0 Å². The molecule has 0 radical (unpaired) electrons. The van der Waals surface area contributed by atoms with Gasteiger partial charge in [0.25, 0.3) is 0 Å². The summed E-state index contributed by atoms with van der Waals surface area (Å²) < 4.78 is 10.3. The molecule has 1 aliphatic heterocycles. The minimum absolute atomic E-state index is 0.130. The van der Waals surface area contributed by atoms with Gasteiger partial charge in [-0.15, -0.1) is 0 Å². The van der Waals surface area contributed by atoms with E-state index >= 15 is 0 Å². The van der Waals surface area contributed by atoms with Gasteiger partial charge >= 0.3 is 6.09 Å². The molecule has 5 heteroatoms. The number of hydrogen-bond donors (Lipinski definition) is 1. The van der Waals surface area contributed by atoms with E-state index in [1.807, 2.05) is 0 Å². The highest BCUT2D eigenvalue weighted by Crippen LogP contribution is 2.54. The number of nitrogens with zero attached hydrogens (tertiary/aromatic N) is 1. The fourth-order valence-corrected chi connectivity index (χ4v) is 2.21. The Labute approximate surface area is 94.7 Å². The maximum Gasteiger partial charge on any atom is 0.408 e. The largest absolute Gasteiger partial charge is 0.444 e. The van der Waals surface area contributed by atoms with E-state index in [9.17, 15) is 4.79 Å². The van der Waals surface area contributed by atoms with Gasteiger partial charge in [0.05, 0.1) is 19.3 Å². The molecular formula is C11H16N2O3. The van der Waals surface area contributed by atoms with Crippen LogP contribution in [-0.2, 0) is 9.47 Å². The Balaban J connectivity index is 1.95. The monoisotopic (exact) mass is 224 g/mol. The van der Waals surface area contributed by atoms with Crippen LogP contribution in [0.15, 0.2) is 0 Å². The molecule has 1 saturated heterocycles. The summed E-state index contributed by atoms with van der Waals surface area (Å²) in [7, 11) is 0. The molecule has 0 aromatic heterocycles. The van der Waals surface area contributed by atoms with Gasteiger partial charge < -0.3 is 14.8 Å². The number of ether oxygens (including phenoxy) is 2. The molecule has 1 saturated carbocycles. The number of hydrogen-bond acceptors (Lipinski definition) is 4. The quantitative estimate of drug-likeness (QED) is 0.722. The topological polar surface area (TPSA) is 71.3 Å². The highest BCUT2D eigenvalue weighted by molar-refractivity contribution is 5.71. The summed E-state index contributed by atoms with van der Waals surface area (Å²) in [6.45, 7) is 6.48. The van der Waals surface area contributed by atoms with Crippen molar-refractivity contribution in [3.05, 3.63) is 0 Å². The first-order valence-corrected chi connectivity index (χ1v) is 5.39. The summed E-state index contributed by atoms with van der Waals surface area (Å²) in [4.78, 5) is 11.6. The molecule has 2 rings (SSSR count). The molecule has 2 atom stereocenters. The minimum atomic E-state index is -0.749. The number of fused-ring (bicyclic) bond motifs is 1. The van der Waals surface area contributed by atoms with E-state index < -0.39 is 17.2 Å². The molecule has 88 valence electrons.